The predicted molar refractivity (Wildman–Crippen MR) is 77.5 cm³/mol. The molecule has 5 heteroatoms. The van der Waals surface area contributed by atoms with Gasteiger partial charge in [0.05, 0.1) is 5.69 Å². The first-order chi connectivity index (χ1) is 9.54. The zero-order chi connectivity index (χ0) is 14.3. The fraction of sp³-hybridized carbons (Fsp3) is 0.467. The predicted octanol–water partition coefficient (Wildman–Crippen LogP) is 2.58. The molecule has 0 radical (unpaired) electrons. The molecule has 3 heterocycles. The highest BCUT2D eigenvalue weighted by Crippen LogP contribution is 2.25. The fourth-order valence-electron chi connectivity index (χ4n) is 2.79. The summed E-state index contributed by atoms with van der Waals surface area (Å²) in [5.41, 5.74) is 2.97. The minimum absolute atomic E-state index is 0.0949. The number of carboxylic acid groups (broad SMARTS) is 1. The maximum absolute atomic E-state index is 11.0. The highest BCUT2D eigenvalue weighted by Gasteiger charge is 2.18. The molecule has 2 aromatic heterocycles. The third-order valence-corrected chi connectivity index (χ3v) is 4.09. The van der Waals surface area contributed by atoms with Gasteiger partial charge in [-0.3, -0.25) is 0 Å². The lowest BCUT2D eigenvalue weighted by molar-refractivity contribution is 0.0691. The molecule has 2 aromatic rings. The third-order valence-electron chi connectivity index (χ3n) is 4.09. The summed E-state index contributed by atoms with van der Waals surface area (Å²) in [6.07, 6.45) is 5.99. The van der Waals surface area contributed by atoms with Crippen LogP contribution >= 0.6 is 0 Å². The van der Waals surface area contributed by atoms with Crippen LogP contribution in [0.4, 0.5) is 5.69 Å². The van der Waals surface area contributed by atoms with E-state index >= 15 is 0 Å². The molecule has 1 saturated heterocycles. The van der Waals surface area contributed by atoms with E-state index in [2.05, 4.69) is 22.9 Å². The average Bonchev–Trinajstić information content (AvgIpc) is 2.84. The topological polar surface area (TPSA) is 57.8 Å². The Morgan fingerprint density at radius 1 is 1.35 bits per heavy atom. The molecular weight excluding hydrogens is 254 g/mol. The van der Waals surface area contributed by atoms with Gasteiger partial charge in [-0.2, -0.15) is 0 Å². The van der Waals surface area contributed by atoms with E-state index in [1.165, 1.54) is 12.8 Å². The van der Waals surface area contributed by atoms with E-state index < -0.39 is 5.97 Å². The van der Waals surface area contributed by atoms with Crippen molar-refractivity contribution < 1.29 is 9.90 Å². The molecule has 106 valence electrons. The van der Waals surface area contributed by atoms with Gasteiger partial charge in [-0.1, -0.05) is 6.92 Å². The lowest BCUT2D eigenvalue weighted by Gasteiger charge is -2.32. The summed E-state index contributed by atoms with van der Waals surface area (Å²) in [6.45, 7) is 6.39. The van der Waals surface area contributed by atoms with Crippen molar-refractivity contribution in [1.29, 1.82) is 0 Å². The molecule has 5 nitrogen and oxygen atoms in total. The molecule has 0 aliphatic carbocycles. The smallest absolute Gasteiger partial charge is 0.356 e. The molecule has 0 atom stereocenters. The van der Waals surface area contributed by atoms with Gasteiger partial charge in [-0.25, -0.2) is 9.78 Å². The van der Waals surface area contributed by atoms with Crippen LogP contribution < -0.4 is 4.90 Å². The molecule has 1 fully saturated rings. The molecule has 20 heavy (non-hydrogen) atoms. The van der Waals surface area contributed by atoms with Crippen LogP contribution in [-0.2, 0) is 0 Å². The number of carboxylic acids is 1. The van der Waals surface area contributed by atoms with Crippen LogP contribution in [0.3, 0.4) is 0 Å². The van der Waals surface area contributed by atoms with Gasteiger partial charge in [0.1, 0.15) is 5.65 Å². The lowest BCUT2D eigenvalue weighted by atomic mass is 9.99. The van der Waals surface area contributed by atoms with E-state index in [9.17, 15) is 4.79 Å². The summed E-state index contributed by atoms with van der Waals surface area (Å²) in [7, 11) is 0. The number of hydrogen-bond acceptors (Lipinski definition) is 3. The minimum atomic E-state index is -0.985. The summed E-state index contributed by atoms with van der Waals surface area (Å²) in [4.78, 5) is 17.5. The van der Waals surface area contributed by atoms with Gasteiger partial charge in [-0.05, 0) is 37.3 Å². The zero-order valence-corrected chi connectivity index (χ0v) is 11.8. The zero-order valence-electron chi connectivity index (χ0n) is 11.8. The first kappa shape index (κ1) is 13.0. The third kappa shape index (κ3) is 2.24. The number of aryl methyl sites for hydroxylation is 1. The number of carbonyl (C=O) groups is 1. The Hall–Kier alpha value is -2.04. The number of pyridine rings is 1. The van der Waals surface area contributed by atoms with Gasteiger partial charge < -0.3 is 14.4 Å². The van der Waals surface area contributed by atoms with E-state index in [1.54, 1.807) is 6.20 Å². The molecular formula is C15H19N3O2. The monoisotopic (exact) mass is 273 g/mol. The fourth-order valence-corrected chi connectivity index (χ4v) is 2.79. The summed E-state index contributed by atoms with van der Waals surface area (Å²) >= 11 is 0. The van der Waals surface area contributed by atoms with Crippen LogP contribution in [0.1, 0.15) is 35.8 Å². The second-order valence-corrected chi connectivity index (χ2v) is 5.71. The van der Waals surface area contributed by atoms with Gasteiger partial charge in [0.25, 0.3) is 0 Å². The van der Waals surface area contributed by atoms with Crippen molar-refractivity contribution in [2.24, 2.45) is 5.92 Å². The molecule has 0 saturated carbocycles. The second-order valence-electron chi connectivity index (χ2n) is 5.71. The van der Waals surface area contributed by atoms with Gasteiger partial charge in [0.2, 0.25) is 0 Å². The van der Waals surface area contributed by atoms with Crippen molar-refractivity contribution in [2.45, 2.75) is 26.7 Å². The Labute approximate surface area is 117 Å². The number of aromatic nitrogens is 2. The highest BCUT2D eigenvalue weighted by molar-refractivity contribution is 5.86. The van der Waals surface area contributed by atoms with Crippen molar-refractivity contribution >= 4 is 17.3 Å². The number of anilines is 1. The maximum atomic E-state index is 11.0. The molecule has 1 aliphatic rings. The Balaban J connectivity index is 1.98. The largest absolute Gasteiger partial charge is 0.476 e. The normalized spacial score (nSPS) is 16.8. The molecule has 0 amide bonds. The van der Waals surface area contributed by atoms with Gasteiger partial charge >= 0.3 is 5.97 Å². The van der Waals surface area contributed by atoms with E-state index in [-0.39, 0.29) is 5.69 Å². The van der Waals surface area contributed by atoms with Crippen LogP contribution in [0.2, 0.25) is 0 Å². The van der Waals surface area contributed by atoms with Crippen LogP contribution in [0, 0.1) is 12.8 Å². The number of imidazole rings is 1. The Morgan fingerprint density at radius 3 is 2.70 bits per heavy atom. The Kier molecular flexibility index (Phi) is 3.12. The van der Waals surface area contributed by atoms with Gasteiger partial charge in [-0.15, -0.1) is 0 Å². The van der Waals surface area contributed by atoms with E-state index in [1.807, 2.05) is 17.5 Å². The standard InChI is InChI=1S/C15H19N3O2/c1-10-3-5-17(6-4-10)12-7-11(2)14-16-13(15(19)20)9-18(14)8-12/h7-10H,3-6H2,1-2H3,(H,19,20). The van der Waals surface area contributed by atoms with E-state index in [0.29, 0.717) is 0 Å². The van der Waals surface area contributed by atoms with Crippen molar-refractivity contribution in [3.63, 3.8) is 0 Å². The highest BCUT2D eigenvalue weighted by atomic mass is 16.4. The van der Waals surface area contributed by atoms with E-state index in [0.717, 1.165) is 35.9 Å². The molecule has 3 rings (SSSR count). The van der Waals surface area contributed by atoms with Crippen LogP contribution in [0.5, 0.6) is 0 Å². The average molecular weight is 273 g/mol. The number of rotatable bonds is 2. The number of hydrogen-bond donors (Lipinski definition) is 1. The summed E-state index contributed by atoms with van der Waals surface area (Å²) in [6, 6.07) is 2.10. The van der Waals surface area contributed by atoms with Crippen LogP contribution in [0.25, 0.3) is 5.65 Å². The molecule has 1 aliphatic heterocycles. The minimum Gasteiger partial charge on any atom is -0.476 e. The summed E-state index contributed by atoms with van der Waals surface area (Å²) < 4.78 is 1.83. The Bertz CT molecular complexity index is 654. The Morgan fingerprint density at radius 2 is 2.05 bits per heavy atom. The van der Waals surface area contributed by atoms with Crippen molar-refractivity contribution in [1.82, 2.24) is 9.38 Å². The molecule has 0 spiro atoms. The van der Waals surface area contributed by atoms with Crippen LogP contribution in [0.15, 0.2) is 18.5 Å². The number of aromatic carboxylic acids is 1. The van der Waals surface area contributed by atoms with Crippen LogP contribution in [-0.4, -0.2) is 33.6 Å². The molecule has 0 aromatic carbocycles. The molecule has 0 unspecified atom stereocenters. The van der Waals surface area contributed by atoms with Gasteiger partial charge in [0, 0.05) is 25.5 Å². The van der Waals surface area contributed by atoms with Gasteiger partial charge in [0.15, 0.2) is 5.69 Å². The SMILES string of the molecule is Cc1cc(N2CCC(C)CC2)cn2cc(C(=O)O)nc12. The first-order valence-corrected chi connectivity index (χ1v) is 7.02. The summed E-state index contributed by atoms with van der Waals surface area (Å²) in [5.74, 6) is -0.190. The van der Waals surface area contributed by atoms with Crippen molar-refractivity contribution in [2.75, 3.05) is 18.0 Å². The van der Waals surface area contributed by atoms with Crippen molar-refractivity contribution in [3.8, 4) is 0 Å². The second kappa shape index (κ2) is 4.81. The summed E-state index contributed by atoms with van der Waals surface area (Å²) in [5, 5.41) is 9.04. The number of fused-ring (bicyclic) bond motifs is 1. The molecule has 1 N–H and O–H groups in total. The lowest BCUT2D eigenvalue weighted by Crippen LogP contribution is -2.32. The first-order valence-electron chi connectivity index (χ1n) is 7.02. The van der Waals surface area contributed by atoms with Crippen molar-refractivity contribution in [3.05, 3.63) is 29.7 Å². The quantitative estimate of drug-likeness (QED) is 0.913. The number of piperidine rings is 1. The maximum Gasteiger partial charge on any atom is 0.356 e. The molecule has 0 bridgehead atoms. The number of nitrogens with zero attached hydrogens (tertiary/aromatic N) is 3. The van der Waals surface area contributed by atoms with E-state index in [4.69, 9.17) is 5.11 Å².